The first kappa shape index (κ1) is 15.6. The number of benzene rings is 2. The molecule has 0 aliphatic heterocycles. The van der Waals surface area contributed by atoms with Crippen molar-refractivity contribution in [2.24, 2.45) is 0 Å². The summed E-state index contributed by atoms with van der Waals surface area (Å²) in [7, 11) is 0. The molecule has 110 valence electrons. The molecule has 0 atom stereocenters. The number of nitrogens with one attached hydrogen (secondary N) is 1. The highest BCUT2D eigenvalue weighted by Crippen LogP contribution is 2.39. The highest BCUT2D eigenvalue weighted by atomic mass is 79.9. The van der Waals surface area contributed by atoms with Crippen LogP contribution in [-0.2, 0) is 6.18 Å². The Morgan fingerprint density at radius 1 is 1.14 bits per heavy atom. The zero-order chi connectivity index (χ0) is 15.6. The van der Waals surface area contributed by atoms with Crippen LogP contribution in [0.5, 0.6) is 0 Å². The van der Waals surface area contributed by atoms with Crippen LogP contribution < -0.4 is 5.32 Å². The molecule has 0 aliphatic rings. The van der Waals surface area contributed by atoms with Crippen LogP contribution in [0.15, 0.2) is 46.9 Å². The van der Waals surface area contributed by atoms with Crippen molar-refractivity contribution in [1.29, 1.82) is 0 Å². The molecule has 0 heterocycles. The van der Waals surface area contributed by atoms with Crippen molar-refractivity contribution in [2.45, 2.75) is 13.1 Å². The summed E-state index contributed by atoms with van der Waals surface area (Å²) in [5.41, 5.74) is 0.0652. The van der Waals surface area contributed by atoms with Crippen LogP contribution in [0, 0.1) is 6.92 Å². The van der Waals surface area contributed by atoms with Crippen LogP contribution in [-0.4, -0.2) is 5.91 Å². The molecule has 0 unspecified atom stereocenters. The third-order valence-corrected chi connectivity index (χ3v) is 3.66. The number of amides is 1. The Kier molecular flexibility index (Phi) is 4.37. The molecular formula is C15H11BrF3NO. The van der Waals surface area contributed by atoms with Crippen molar-refractivity contribution >= 4 is 27.5 Å². The van der Waals surface area contributed by atoms with Gasteiger partial charge in [0.2, 0.25) is 0 Å². The minimum Gasteiger partial charge on any atom is -0.321 e. The summed E-state index contributed by atoms with van der Waals surface area (Å²) in [5.74, 6) is -0.463. The van der Waals surface area contributed by atoms with Crippen LogP contribution in [0.4, 0.5) is 18.9 Å². The first-order chi connectivity index (χ1) is 9.79. The average molecular weight is 358 g/mol. The molecule has 2 rings (SSSR count). The maximum atomic E-state index is 12.9. The SMILES string of the molecule is Cc1cc(NC(=O)c2ccccc2)c(Br)c(C(F)(F)F)c1. The molecule has 21 heavy (non-hydrogen) atoms. The van der Waals surface area contributed by atoms with E-state index in [0.717, 1.165) is 6.07 Å². The fourth-order valence-electron chi connectivity index (χ4n) is 1.85. The maximum absolute atomic E-state index is 12.9. The van der Waals surface area contributed by atoms with E-state index in [-0.39, 0.29) is 10.2 Å². The van der Waals surface area contributed by atoms with E-state index in [1.54, 1.807) is 37.3 Å². The lowest BCUT2D eigenvalue weighted by Crippen LogP contribution is -2.14. The van der Waals surface area contributed by atoms with Gasteiger partial charge in [-0.3, -0.25) is 4.79 Å². The number of rotatable bonds is 2. The Bertz CT molecular complexity index is 669. The van der Waals surface area contributed by atoms with Gasteiger partial charge < -0.3 is 5.32 Å². The van der Waals surface area contributed by atoms with Crippen LogP contribution in [0.25, 0.3) is 0 Å². The highest BCUT2D eigenvalue weighted by Gasteiger charge is 2.34. The van der Waals surface area contributed by atoms with Gasteiger partial charge in [0, 0.05) is 5.56 Å². The summed E-state index contributed by atoms with van der Waals surface area (Å²) < 4.78 is 38.6. The van der Waals surface area contributed by atoms with Gasteiger partial charge in [0.15, 0.2) is 0 Å². The highest BCUT2D eigenvalue weighted by molar-refractivity contribution is 9.10. The fourth-order valence-corrected chi connectivity index (χ4v) is 2.40. The van der Waals surface area contributed by atoms with Gasteiger partial charge >= 0.3 is 6.18 Å². The largest absolute Gasteiger partial charge is 0.417 e. The number of anilines is 1. The van der Waals surface area contributed by atoms with Gasteiger partial charge in [-0.05, 0) is 52.7 Å². The lowest BCUT2D eigenvalue weighted by molar-refractivity contribution is -0.138. The van der Waals surface area contributed by atoms with E-state index in [0.29, 0.717) is 11.1 Å². The minimum absolute atomic E-state index is 0.0937. The number of hydrogen-bond donors (Lipinski definition) is 1. The predicted molar refractivity (Wildman–Crippen MR) is 78.3 cm³/mol. The van der Waals surface area contributed by atoms with Crippen molar-refractivity contribution in [3.05, 3.63) is 63.6 Å². The Balaban J connectivity index is 2.37. The summed E-state index contributed by atoms with van der Waals surface area (Å²) in [4.78, 5) is 12.0. The van der Waals surface area contributed by atoms with Crippen molar-refractivity contribution in [3.63, 3.8) is 0 Å². The van der Waals surface area contributed by atoms with Crippen LogP contribution in [0.2, 0.25) is 0 Å². The molecule has 0 radical (unpaired) electrons. The lowest BCUT2D eigenvalue weighted by atomic mass is 10.1. The van der Waals surface area contributed by atoms with Crippen LogP contribution in [0.3, 0.4) is 0 Å². The zero-order valence-corrected chi connectivity index (χ0v) is 12.5. The lowest BCUT2D eigenvalue weighted by Gasteiger charge is -2.15. The van der Waals surface area contributed by atoms with E-state index < -0.39 is 17.6 Å². The number of aryl methyl sites for hydroxylation is 1. The standard InChI is InChI=1S/C15H11BrF3NO/c1-9-7-11(15(17,18)19)13(16)12(8-9)20-14(21)10-5-3-2-4-6-10/h2-8H,1H3,(H,20,21). The number of halogens is 4. The van der Waals surface area contributed by atoms with Gasteiger partial charge in [-0.1, -0.05) is 18.2 Å². The second-order valence-corrected chi connectivity index (χ2v) is 5.28. The molecule has 0 bridgehead atoms. The van der Waals surface area contributed by atoms with Crippen molar-refractivity contribution in [2.75, 3.05) is 5.32 Å². The van der Waals surface area contributed by atoms with Crippen molar-refractivity contribution in [3.8, 4) is 0 Å². The molecule has 0 spiro atoms. The van der Waals surface area contributed by atoms with Gasteiger partial charge in [-0.15, -0.1) is 0 Å². The van der Waals surface area contributed by atoms with Gasteiger partial charge in [-0.2, -0.15) is 13.2 Å². The van der Waals surface area contributed by atoms with E-state index in [4.69, 9.17) is 0 Å². The van der Waals surface area contributed by atoms with E-state index in [2.05, 4.69) is 21.2 Å². The normalized spacial score (nSPS) is 11.3. The maximum Gasteiger partial charge on any atom is 0.417 e. The summed E-state index contributed by atoms with van der Waals surface area (Å²) in [6.45, 7) is 1.54. The van der Waals surface area contributed by atoms with Gasteiger partial charge in [0.1, 0.15) is 0 Å². The number of alkyl halides is 3. The Hall–Kier alpha value is -1.82. The molecular weight excluding hydrogens is 347 g/mol. The first-order valence-corrected chi connectivity index (χ1v) is 6.82. The summed E-state index contributed by atoms with van der Waals surface area (Å²) in [6, 6.07) is 10.8. The van der Waals surface area contributed by atoms with E-state index in [1.807, 2.05) is 0 Å². The third-order valence-electron chi connectivity index (χ3n) is 2.81. The molecule has 0 aliphatic carbocycles. The molecule has 0 saturated heterocycles. The van der Waals surface area contributed by atoms with Crippen LogP contribution >= 0.6 is 15.9 Å². The van der Waals surface area contributed by atoms with E-state index in [9.17, 15) is 18.0 Å². The summed E-state index contributed by atoms with van der Waals surface area (Å²) >= 11 is 2.92. The Morgan fingerprint density at radius 2 is 1.76 bits per heavy atom. The molecule has 0 aromatic heterocycles. The third kappa shape index (κ3) is 3.64. The number of carbonyl (C=O) groups excluding carboxylic acids is 1. The predicted octanol–water partition coefficient (Wildman–Crippen LogP) is 5.03. The molecule has 2 nitrogen and oxygen atoms in total. The molecule has 1 N–H and O–H groups in total. The second-order valence-electron chi connectivity index (χ2n) is 4.49. The van der Waals surface area contributed by atoms with Crippen molar-refractivity contribution < 1.29 is 18.0 Å². The molecule has 1 amide bonds. The van der Waals surface area contributed by atoms with Gasteiger partial charge in [0.25, 0.3) is 5.91 Å². The molecule has 0 fully saturated rings. The summed E-state index contributed by atoms with van der Waals surface area (Å²) in [6.07, 6.45) is -4.49. The van der Waals surface area contributed by atoms with E-state index >= 15 is 0 Å². The smallest absolute Gasteiger partial charge is 0.321 e. The number of carbonyl (C=O) groups is 1. The monoisotopic (exact) mass is 357 g/mol. The first-order valence-electron chi connectivity index (χ1n) is 6.03. The van der Waals surface area contributed by atoms with Crippen molar-refractivity contribution in [1.82, 2.24) is 0 Å². The fraction of sp³-hybridized carbons (Fsp3) is 0.133. The quantitative estimate of drug-likeness (QED) is 0.802. The van der Waals surface area contributed by atoms with Gasteiger partial charge in [0.05, 0.1) is 15.7 Å². The molecule has 0 saturated carbocycles. The number of hydrogen-bond acceptors (Lipinski definition) is 1. The van der Waals surface area contributed by atoms with Crippen LogP contribution in [0.1, 0.15) is 21.5 Å². The summed E-state index contributed by atoms with van der Waals surface area (Å²) in [5, 5.41) is 2.49. The van der Waals surface area contributed by atoms with Gasteiger partial charge in [-0.25, -0.2) is 0 Å². The molecule has 2 aromatic rings. The Morgan fingerprint density at radius 3 is 2.33 bits per heavy atom. The minimum atomic E-state index is -4.49. The topological polar surface area (TPSA) is 29.1 Å². The molecule has 2 aromatic carbocycles. The zero-order valence-electron chi connectivity index (χ0n) is 11.0. The average Bonchev–Trinajstić information content (AvgIpc) is 2.42. The molecule has 6 heteroatoms. The van der Waals surface area contributed by atoms with E-state index in [1.165, 1.54) is 6.07 Å². The second kappa shape index (κ2) is 5.89. The Labute approximate surface area is 128 Å².